The van der Waals surface area contributed by atoms with Gasteiger partial charge in [-0.1, -0.05) is 6.07 Å². The molecule has 0 saturated carbocycles. The molecule has 0 aliphatic rings. The van der Waals surface area contributed by atoms with Crippen molar-refractivity contribution in [2.45, 2.75) is 46.2 Å². The summed E-state index contributed by atoms with van der Waals surface area (Å²) in [7, 11) is 0. The second kappa shape index (κ2) is 5.57. The van der Waals surface area contributed by atoms with Crippen molar-refractivity contribution in [3.8, 4) is 0 Å². The van der Waals surface area contributed by atoms with Gasteiger partial charge in [0.1, 0.15) is 0 Å². The van der Waals surface area contributed by atoms with Crippen molar-refractivity contribution in [2.75, 3.05) is 6.54 Å². The average molecular weight is 244 g/mol. The number of nitrogens with zero attached hydrogens (tertiary/aromatic N) is 2. The molecule has 0 bridgehead atoms. The van der Waals surface area contributed by atoms with Gasteiger partial charge in [0.25, 0.3) is 0 Å². The zero-order chi connectivity index (χ0) is 13.1. The minimum absolute atomic E-state index is 0.610. The molecule has 2 heterocycles. The number of pyridine rings is 1. The van der Waals surface area contributed by atoms with Crippen LogP contribution in [-0.4, -0.2) is 27.9 Å². The first kappa shape index (κ1) is 13.2. The third-order valence-electron chi connectivity index (χ3n) is 3.62. The smallest absolute Gasteiger partial charge is 0.0482 e. The third-order valence-corrected chi connectivity index (χ3v) is 3.62. The first-order chi connectivity index (χ1) is 8.59. The van der Waals surface area contributed by atoms with Gasteiger partial charge >= 0.3 is 0 Å². The minimum atomic E-state index is 0.610. The van der Waals surface area contributed by atoms with Gasteiger partial charge in [-0.2, -0.15) is 0 Å². The van der Waals surface area contributed by atoms with Crippen LogP contribution in [0.4, 0.5) is 0 Å². The Kier molecular flexibility index (Phi) is 4.07. The molecule has 0 fully saturated rings. The van der Waals surface area contributed by atoms with E-state index in [1.165, 1.54) is 11.1 Å². The molecule has 0 spiro atoms. The van der Waals surface area contributed by atoms with E-state index < -0.39 is 0 Å². The molecule has 98 valence electrons. The van der Waals surface area contributed by atoms with Crippen LogP contribution in [-0.2, 0) is 6.42 Å². The van der Waals surface area contributed by atoms with Crippen LogP contribution >= 0.6 is 0 Å². The fourth-order valence-electron chi connectivity index (χ4n) is 2.69. The summed E-state index contributed by atoms with van der Waals surface area (Å²) in [6.07, 6.45) is 5.39. The van der Waals surface area contributed by atoms with Crippen LogP contribution in [0, 0.1) is 0 Å². The van der Waals surface area contributed by atoms with E-state index in [0.29, 0.717) is 12.1 Å². The van der Waals surface area contributed by atoms with E-state index in [1.807, 2.05) is 0 Å². The van der Waals surface area contributed by atoms with Gasteiger partial charge < -0.3 is 4.40 Å². The van der Waals surface area contributed by atoms with Crippen LogP contribution in [0.15, 0.2) is 36.7 Å². The second-order valence-corrected chi connectivity index (χ2v) is 5.51. The fraction of sp³-hybridized carbons (Fsp3) is 0.500. The highest BCUT2D eigenvalue weighted by atomic mass is 15.2. The number of aromatic nitrogens is 1. The van der Waals surface area contributed by atoms with Gasteiger partial charge in [-0.15, -0.1) is 0 Å². The number of rotatable bonds is 5. The van der Waals surface area contributed by atoms with Crippen molar-refractivity contribution < 1.29 is 0 Å². The summed E-state index contributed by atoms with van der Waals surface area (Å²) in [5.41, 5.74) is 2.78. The number of hydrogen-bond donors (Lipinski definition) is 0. The lowest BCUT2D eigenvalue weighted by molar-refractivity contribution is 0.177. The van der Waals surface area contributed by atoms with Gasteiger partial charge in [0, 0.05) is 36.5 Å². The molecule has 0 aliphatic carbocycles. The second-order valence-electron chi connectivity index (χ2n) is 5.51. The van der Waals surface area contributed by atoms with E-state index in [0.717, 1.165) is 13.0 Å². The van der Waals surface area contributed by atoms with Crippen LogP contribution in [0.3, 0.4) is 0 Å². The highest BCUT2D eigenvalue weighted by Crippen LogP contribution is 2.15. The van der Waals surface area contributed by atoms with Crippen molar-refractivity contribution in [3.63, 3.8) is 0 Å². The maximum atomic E-state index is 2.55. The quantitative estimate of drug-likeness (QED) is 0.780. The Balaban J connectivity index is 2.10. The lowest BCUT2D eigenvalue weighted by atomic mass is 10.1. The fourth-order valence-corrected chi connectivity index (χ4v) is 2.69. The topological polar surface area (TPSA) is 7.65 Å². The zero-order valence-electron chi connectivity index (χ0n) is 11.9. The normalized spacial score (nSPS) is 12.2. The highest BCUT2D eigenvalue weighted by Gasteiger charge is 2.13. The van der Waals surface area contributed by atoms with Crippen molar-refractivity contribution in [1.82, 2.24) is 9.30 Å². The van der Waals surface area contributed by atoms with Crippen molar-refractivity contribution in [2.24, 2.45) is 0 Å². The van der Waals surface area contributed by atoms with E-state index in [4.69, 9.17) is 0 Å². The van der Waals surface area contributed by atoms with Gasteiger partial charge in [0.05, 0.1) is 0 Å². The lowest BCUT2D eigenvalue weighted by Gasteiger charge is -2.30. The summed E-state index contributed by atoms with van der Waals surface area (Å²) in [6, 6.07) is 9.85. The Morgan fingerprint density at radius 3 is 2.39 bits per heavy atom. The SMILES string of the molecule is CC(C)N(CCc1ccn2ccccc12)C(C)C. The summed E-state index contributed by atoms with van der Waals surface area (Å²) in [6.45, 7) is 10.2. The zero-order valence-corrected chi connectivity index (χ0v) is 11.9. The molecule has 0 radical (unpaired) electrons. The van der Waals surface area contributed by atoms with Gasteiger partial charge in [0.15, 0.2) is 0 Å². The number of fused-ring (bicyclic) bond motifs is 1. The highest BCUT2D eigenvalue weighted by molar-refractivity contribution is 5.55. The van der Waals surface area contributed by atoms with E-state index in [-0.39, 0.29) is 0 Å². The third kappa shape index (κ3) is 2.75. The average Bonchev–Trinajstić information content (AvgIpc) is 2.72. The maximum absolute atomic E-state index is 2.55. The molecule has 2 nitrogen and oxygen atoms in total. The van der Waals surface area contributed by atoms with Crippen LogP contribution in [0.5, 0.6) is 0 Å². The van der Waals surface area contributed by atoms with Gasteiger partial charge in [-0.25, -0.2) is 0 Å². The Morgan fingerprint density at radius 2 is 1.72 bits per heavy atom. The molecule has 2 rings (SSSR count). The molecule has 0 atom stereocenters. The minimum Gasteiger partial charge on any atom is -0.324 e. The summed E-state index contributed by atoms with van der Waals surface area (Å²) >= 11 is 0. The van der Waals surface area contributed by atoms with E-state index in [2.05, 4.69) is 73.7 Å². The molecular formula is C16H24N2. The molecule has 2 heteroatoms. The summed E-state index contributed by atoms with van der Waals surface area (Å²) < 4.78 is 2.20. The predicted octanol–water partition coefficient (Wildman–Crippen LogP) is 3.60. The predicted molar refractivity (Wildman–Crippen MR) is 78.1 cm³/mol. The molecule has 18 heavy (non-hydrogen) atoms. The lowest BCUT2D eigenvalue weighted by Crippen LogP contribution is -2.38. The molecular weight excluding hydrogens is 220 g/mol. The van der Waals surface area contributed by atoms with Crippen molar-refractivity contribution in [1.29, 1.82) is 0 Å². The molecule has 0 amide bonds. The Morgan fingerprint density at radius 1 is 1.00 bits per heavy atom. The van der Waals surface area contributed by atoms with Crippen LogP contribution in [0.1, 0.15) is 33.3 Å². The van der Waals surface area contributed by atoms with Gasteiger partial charge in [0.2, 0.25) is 0 Å². The Bertz CT molecular complexity index is 489. The van der Waals surface area contributed by atoms with Crippen LogP contribution < -0.4 is 0 Å². The first-order valence-electron chi connectivity index (χ1n) is 6.90. The van der Waals surface area contributed by atoms with Crippen molar-refractivity contribution >= 4 is 5.52 Å². The van der Waals surface area contributed by atoms with Crippen molar-refractivity contribution in [3.05, 3.63) is 42.2 Å². The van der Waals surface area contributed by atoms with Crippen LogP contribution in [0.2, 0.25) is 0 Å². The first-order valence-corrected chi connectivity index (χ1v) is 6.90. The summed E-state index contributed by atoms with van der Waals surface area (Å²) in [4.78, 5) is 2.55. The van der Waals surface area contributed by atoms with E-state index >= 15 is 0 Å². The molecule has 0 aliphatic heterocycles. The molecule has 0 saturated heterocycles. The monoisotopic (exact) mass is 244 g/mol. The molecule has 2 aromatic rings. The van der Waals surface area contributed by atoms with Crippen LogP contribution in [0.25, 0.3) is 5.52 Å². The number of hydrogen-bond acceptors (Lipinski definition) is 1. The van der Waals surface area contributed by atoms with Gasteiger partial charge in [-0.3, -0.25) is 4.90 Å². The largest absolute Gasteiger partial charge is 0.324 e. The standard InChI is InChI=1S/C16H24N2/c1-13(2)18(14(3)4)12-9-15-8-11-17-10-6-5-7-16(15)17/h5-8,10-11,13-14H,9,12H2,1-4H3. The molecule has 0 unspecified atom stereocenters. The Labute approximate surface area is 110 Å². The summed E-state index contributed by atoms with van der Waals surface area (Å²) in [5.74, 6) is 0. The van der Waals surface area contributed by atoms with Gasteiger partial charge in [-0.05, 0) is 57.9 Å². The van der Waals surface area contributed by atoms with E-state index in [9.17, 15) is 0 Å². The molecule has 0 aromatic carbocycles. The molecule has 0 N–H and O–H groups in total. The Hall–Kier alpha value is -1.28. The maximum Gasteiger partial charge on any atom is 0.0482 e. The van der Waals surface area contributed by atoms with E-state index in [1.54, 1.807) is 0 Å². The molecule has 2 aromatic heterocycles. The summed E-state index contributed by atoms with van der Waals surface area (Å²) in [5, 5.41) is 0.